The highest BCUT2D eigenvalue weighted by molar-refractivity contribution is 6.50. The lowest BCUT2D eigenvalue weighted by Gasteiger charge is -2.05. The lowest BCUT2D eigenvalue weighted by Crippen LogP contribution is -2.10. The predicted octanol–water partition coefficient (Wildman–Crippen LogP) is 4.71. The molecule has 0 atom stereocenters. The molecule has 0 radical (unpaired) electrons. The molecule has 1 aromatic heterocycles. The summed E-state index contributed by atoms with van der Waals surface area (Å²) in [6.45, 7) is 2.51. The Balaban J connectivity index is 2.02. The van der Waals surface area contributed by atoms with Crippen molar-refractivity contribution in [1.29, 1.82) is 0 Å². The predicted molar refractivity (Wildman–Crippen MR) is 98.7 cm³/mol. The summed E-state index contributed by atoms with van der Waals surface area (Å²) < 4.78 is 5.46. The van der Waals surface area contributed by atoms with Gasteiger partial charge in [-0.3, -0.25) is 4.79 Å². The number of rotatable bonds is 4. The maximum Gasteiger partial charge on any atom is 0.259 e. The Morgan fingerprint density at radius 1 is 1.29 bits per heavy atom. The summed E-state index contributed by atoms with van der Waals surface area (Å²) in [5, 5.41) is 1.24. The van der Waals surface area contributed by atoms with E-state index in [-0.39, 0.29) is 5.56 Å². The van der Waals surface area contributed by atoms with Crippen LogP contribution in [-0.2, 0) is 0 Å². The standard InChI is InChI=1S/C18H14Cl2N2O2/c1-2-24-13-5-3-4-11(8-13)9-15(20)17-21-16-7-6-12(19)10-14(16)18(23)22-17/h3-10H,2H2,1H3,(H,21,22,23). The number of H-pyrrole nitrogens is 1. The molecule has 0 fully saturated rings. The topological polar surface area (TPSA) is 55.0 Å². The number of aromatic amines is 1. The van der Waals surface area contributed by atoms with E-state index in [2.05, 4.69) is 9.97 Å². The van der Waals surface area contributed by atoms with Crippen LogP contribution in [0.3, 0.4) is 0 Å². The minimum atomic E-state index is -0.285. The molecule has 0 aliphatic rings. The van der Waals surface area contributed by atoms with E-state index >= 15 is 0 Å². The third kappa shape index (κ3) is 3.61. The fourth-order valence-corrected chi connectivity index (χ4v) is 2.69. The van der Waals surface area contributed by atoms with E-state index in [1.807, 2.05) is 31.2 Å². The molecule has 122 valence electrons. The van der Waals surface area contributed by atoms with Crippen molar-refractivity contribution in [1.82, 2.24) is 9.97 Å². The molecule has 0 aliphatic heterocycles. The Hall–Kier alpha value is -2.30. The van der Waals surface area contributed by atoms with Gasteiger partial charge in [0, 0.05) is 5.02 Å². The molecular weight excluding hydrogens is 347 g/mol. The van der Waals surface area contributed by atoms with Crippen molar-refractivity contribution in [3.05, 3.63) is 69.2 Å². The Bertz CT molecular complexity index is 980. The van der Waals surface area contributed by atoms with Gasteiger partial charge in [-0.2, -0.15) is 0 Å². The van der Waals surface area contributed by atoms with Gasteiger partial charge < -0.3 is 9.72 Å². The quantitative estimate of drug-likeness (QED) is 0.732. The molecule has 0 saturated heterocycles. The highest BCUT2D eigenvalue weighted by Crippen LogP contribution is 2.23. The Kier molecular flexibility index (Phi) is 4.88. The number of benzene rings is 2. The maximum absolute atomic E-state index is 12.2. The average molecular weight is 361 g/mol. The van der Waals surface area contributed by atoms with Gasteiger partial charge in [0.05, 0.1) is 22.5 Å². The third-order valence-corrected chi connectivity index (χ3v) is 3.88. The molecule has 0 unspecified atom stereocenters. The highest BCUT2D eigenvalue weighted by Gasteiger charge is 2.07. The molecule has 1 N–H and O–H groups in total. The molecular formula is C18H14Cl2N2O2. The van der Waals surface area contributed by atoms with E-state index in [9.17, 15) is 4.79 Å². The first kappa shape index (κ1) is 16.6. The van der Waals surface area contributed by atoms with Gasteiger partial charge >= 0.3 is 0 Å². The summed E-state index contributed by atoms with van der Waals surface area (Å²) in [5.41, 5.74) is 1.10. The number of hydrogen-bond donors (Lipinski definition) is 1. The smallest absolute Gasteiger partial charge is 0.259 e. The fraction of sp³-hybridized carbons (Fsp3) is 0.111. The van der Waals surface area contributed by atoms with Crippen LogP contribution in [0.2, 0.25) is 5.02 Å². The molecule has 2 aromatic carbocycles. The van der Waals surface area contributed by atoms with Crippen LogP contribution >= 0.6 is 23.2 Å². The van der Waals surface area contributed by atoms with Gasteiger partial charge in [-0.1, -0.05) is 35.3 Å². The monoisotopic (exact) mass is 360 g/mol. The Morgan fingerprint density at radius 3 is 2.92 bits per heavy atom. The van der Waals surface area contributed by atoms with Crippen LogP contribution in [0.1, 0.15) is 18.3 Å². The van der Waals surface area contributed by atoms with Crippen molar-refractivity contribution >= 4 is 45.2 Å². The molecule has 0 bridgehead atoms. The van der Waals surface area contributed by atoms with Crippen molar-refractivity contribution in [2.75, 3.05) is 6.61 Å². The lowest BCUT2D eigenvalue weighted by molar-refractivity contribution is 0.340. The largest absolute Gasteiger partial charge is 0.494 e. The molecule has 1 heterocycles. The van der Waals surface area contributed by atoms with Gasteiger partial charge in [-0.15, -0.1) is 0 Å². The van der Waals surface area contributed by atoms with Gasteiger partial charge in [0.25, 0.3) is 5.56 Å². The highest BCUT2D eigenvalue weighted by atomic mass is 35.5. The van der Waals surface area contributed by atoms with E-state index in [0.29, 0.717) is 33.4 Å². The van der Waals surface area contributed by atoms with E-state index in [1.165, 1.54) is 0 Å². The van der Waals surface area contributed by atoms with Crippen LogP contribution in [0.5, 0.6) is 5.75 Å². The van der Waals surface area contributed by atoms with Crippen LogP contribution in [0.4, 0.5) is 0 Å². The van der Waals surface area contributed by atoms with Crippen molar-refractivity contribution in [2.45, 2.75) is 6.92 Å². The molecule has 24 heavy (non-hydrogen) atoms. The second-order valence-electron chi connectivity index (χ2n) is 5.07. The minimum absolute atomic E-state index is 0.285. The van der Waals surface area contributed by atoms with Crippen LogP contribution in [-0.4, -0.2) is 16.6 Å². The molecule has 0 spiro atoms. The summed E-state index contributed by atoms with van der Waals surface area (Å²) in [5.74, 6) is 1.06. The number of halogens is 2. The molecule has 6 heteroatoms. The van der Waals surface area contributed by atoms with Gasteiger partial charge in [-0.05, 0) is 48.9 Å². The van der Waals surface area contributed by atoms with E-state index < -0.39 is 0 Å². The maximum atomic E-state index is 12.2. The molecule has 0 saturated carbocycles. The first-order valence-electron chi connectivity index (χ1n) is 7.37. The van der Waals surface area contributed by atoms with Gasteiger partial charge in [0.15, 0.2) is 5.82 Å². The summed E-state index contributed by atoms with van der Waals surface area (Å²) in [4.78, 5) is 19.3. The van der Waals surface area contributed by atoms with Crippen LogP contribution in [0.15, 0.2) is 47.3 Å². The normalized spacial score (nSPS) is 11.7. The third-order valence-electron chi connectivity index (χ3n) is 3.36. The molecule has 3 rings (SSSR count). The summed E-state index contributed by atoms with van der Waals surface area (Å²) >= 11 is 12.2. The number of hydrogen-bond acceptors (Lipinski definition) is 3. The number of nitrogens with one attached hydrogen (secondary N) is 1. The Labute approximate surface area is 148 Å². The molecule has 0 aliphatic carbocycles. The number of fused-ring (bicyclic) bond motifs is 1. The zero-order valence-electron chi connectivity index (χ0n) is 12.8. The molecule has 3 aromatic rings. The van der Waals surface area contributed by atoms with E-state index in [0.717, 1.165) is 11.3 Å². The van der Waals surface area contributed by atoms with Crippen molar-refractivity contribution < 1.29 is 4.74 Å². The van der Waals surface area contributed by atoms with E-state index in [1.54, 1.807) is 24.3 Å². The second kappa shape index (κ2) is 7.07. The van der Waals surface area contributed by atoms with Crippen molar-refractivity contribution in [3.8, 4) is 5.75 Å². The SMILES string of the molecule is CCOc1cccc(C=C(Cl)c2nc3ccc(Cl)cc3c(=O)[nH]2)c1. The summed E-state index contributed by atoms with van der Waals surface area (Å²) in [6, 6.07) is 12.5. The summed E-state index contributed by atoms with van der Waals surface area (Å²) in [7, 11) is 0. The number of nitrogens with zero attached hydrogens (tertiary/aromatic N) is 1. The molecule has 0 amide bonds. The number of ether oxygens (including phenoxy) is 1. The van der Waals surface area contributed by atoms with Crippen LogP contribution < -0.4 is 10.3 Å². The Morgan fingerprint density at radius 2 is 2.12 bits per heavy atom. The summed E-state index contributed by atoms with van der Waals surface area (Å²) in [6.07, 6.45) is 1.73. The first-order chi connectivity index (χ1) is 11.6. The lowest BCUT2D eigenvalue weighted by atomic mass is 10.2. The van der Waals surface area contributed by atoms with Gasteiger partial charge in [0.1, 0.15) is 5.75 Å². The molecule has 4 nitrogen and oxygen atoms in total. The average Bonchev–Trinajstić information content (AvgIpc) is 2.56. The fourth-order valence-electron chi connectivity index (χ4n) is 2.30. The van der Waals surface area contributed by atoms with Crippen LogP contribution in [0.25, 0.3) is 22.0 Å². The van der Waals surface area contributed by atoms with Crippen LogP contribution in [0, 0.1) is 0 Å². The van der Waals surface area contributed by atoms with Crippen molar-refractivity contribution in [3.63, 3.8) is 0 Å². The van der Waals surface area contributed by atoms with Gasteiger partial charge in [-0.25, -0.2) is 4.98 Å². The van der Waals surface area contributed by atoms with Gasteiger partial charge in [0.2, 0.25) is 0 Å². The number of aromatic nitrogens is 2. The first-order valence-corrected chi connectivity index (χ1v) is 8.12. The minimum Gasteiger partial charge on any atom is -0.494 e. The zero-order valence-corrected chi connectivity index (χ0v) is 14.4. The van der Waals surface area contributed by atoms with E-state index in [4.69, 9.17) is 27.9 Å². The van der Waals surface area contributed by atoms with Crippen molar-refractivity contribution in [2.24, 2.45) is 0 Å². The zero-order chi connectivity index (χ0) is 17.1. The second-order valence-corrected chi connectivity index (χ2v) is 5.92.